The van der Waals surface area contributed by atoms with Crippen LogP contribution in [0.5, 0.6) is 0 Å². The molecule has 0 aliphatic rings. The van der Waals surface area contributed by atoms with Gasteiger partial charge in [0.15, 0.2) is 0 Å². The van der Waals surface area contributed by atoms with Crippen LogP contribution in [0.25, 0.3) is 38.8 Å². The second-order valence-corrected chi connectivity index (χ2v) is 9.08. The highest BCUT2D eigenvalue weighted by Gasteiger charge is 2.14. The molecule has 0 spiro atoms. The zero-order valence-corrected chi connectivity index (χ0v) is 20.1. The Bertz CT molecular complexity index is 1680. The quantitative estimate of drug-likeness (QED) is 0.275. The van der Waals surface area contributed by atoms with E-state index in [1.807, 2.05) is 18.5 Å². The Kier molecular flexibility index (Phi) is 5.07. The molecule has 4 nitrogen and oxygen atoms in total. The first-order valence-corrected chi connectivity index (χ1v) is 11.8. The van der Waals surface area contributed by atoms with Gasteiger partial charge in [0.05, 0.1) is 11.0 Å². The molecule has 170 valence electrons. The Labute approximate surface area is 205 Å². The van der Waals surface area contributed by atoms with Crippen molar-refractivity contribution in [2.75, 3.05) is 11.9 Å². The van der Waals surface area contributed by atoms with E-state index in [2.05, 4.69) is 120 Å². The van der Waals surface area contributed by atoms with Crippen molar-refractivity contribution in [2.45, 2.75) is 13.8 Å². The van der Waals surface area contributed by atoms with E-state index in [1.54, 1.807) is 0 Å². The first-order chi connectivity index (χ1) is 17.1. The van der Waals surface area contributed by atoms with Crippen LogP contribution in [0.2, 0.25) is 0 Å². The van der Waals surface area contributed by atoms with Gasteiger partial charge < -0.3 is 4.90 Å². The second-order valence-electron chi connectivity index (χ2n) is 9.08. The summed E-state index contributed by atoms with van der Waals surface area (Å²) in [7, 11) is 2.06. The Morgan fingerprint density at radius 1 is 0.657 bits per heavy atom. The van der Waals surface area contributed by atoms with E-state index in [4.69, 9.17) is 4.98 Å². The molecule has 0 atom stereocenters. The summed E-state index contributed by atoms with van der Waals surface area (Å²) in [6.45, 7) is 4.16. The van der Waals surface area contributed by atoms with Crippen LogP contribution in [0.1, 0.15) is 11.1 Å². The molecule has 0 unspecified atom stereocenters. The molecule has 3 aromatic carbocycles. The highest BCUT2D eigenvalue weighted by Crippen LogP contribution is 2.35. The van der Waals surface area contributed by atoms with Crippen molar-refractivity contribution < 1.29 is 0 Å². The number of nitrogens with zero attached hydrogens (tertiary/aromatic N) is 4. The van der Waals surface area contributed by atoms with E-state index < -0.39 is 0 Å². The van der Waals surface area contributed by atoms with Gasteiger partial charge in [0.25, 0.3) is 0 Å². The number of hydrogen-bond acceptors (Lipinski definition) is 3. The van der Waals surface area contributed by atoms with E-state index in [9.17, 15) is 0 Å². The second kappa shape index (κ2) is 8.41. The highest BCUT2D eigenvalue weighted by molar-refractivity contribution is 6.10. The van der Waals surface area contributed by atoms with E-state index >= 15 is 0 Å². The molecule has 0 bridgehead atoms. The lowest BCUT2D eigenvalue weighted by molar-refractivity contribution is 1.07. The predicted molar refractivity (Wildman–Crippen MR) is 146 cm³/mol. The van der Waals surface area contributed by atoms with Gasteiger partial charge in [0, 0.05) is 35.9 Å². The molecule has 0 N–H and O–H groups in total. The number of hydrogen-bond donors (Lipinski definition) is 0. The zero-order chi connectivity index (χ0) is 23.9. The standard InChI is InChI=1S/C31H26N4/c1-21-15-16-32-31(17-21)34(3)25-8-6-7-23(18-25)24-12-13-27-26-9-4-5-10-28(26)35(29(27)19-24)30-14-11-22(2)20-33-30/h4-20H,1-3H3. The number of para-hydroxylation sites is 1. The van der Waals surface area contributed by atoms with Gasteiger partial charge in [-0.15, -0.1) is 0 Å². The number of benzene rings is 3. The maximum absolute atomic E-state index is 4.75. The third-order valence-corrected chi connectivity index (χ3v) is 6.61. The van der Waals surface area contributed by atoms with Crippen molar-refractivity contribution in [3.8, 4) is 16.9 Å². The number of anilines is 2. The SMILES string of the molecule is Cc1ccc(-n2c3ccccc3c3ccc(-c4cccc(N(C)c5cc(C)ccn5)c4)cc32)nc1. The van der Waals surface area contributed by atoms with Gasteiger partial charge in [-0.2, -0.15) is 0 Å². The molecular formula is C31H26N4. The average Bonchev–Trinajstić information content (AvgIpc) is 3.22. The first kappa shape index (κ1) is 21.1. The van der Waals surface area contributed by atoms with Crippen molar-refractivity contribution in [3.05, 3.63) is 115 Å². The Hall–Kier alpha value is -4.44. The minimum absolute atomic E-state index is 0.929. The molecule has 3 aromatic heterocycles. The highest BCUT2D eigenvalue weighted by atomic mass is 15.2. The fourth-order valence-corrected chi connectivity index (χ4v) is 4.72. The summed E-state index contributed by atoms with van der Waals surface area (Å²) in [5, 5.41) is 2.46. The molecule has 0 aliphatic heterocycles. The minimum atomic E-state index is 0.929. The normalized spacial score (nSPS) is 11.3. The van der Waals surface area contributed by atoms with Crippen LogP contribution in [-0.2, 0) is 0 Å². The topological polar surface area (TPSA) is 34.0 Å². The van der Waals surface area contributed by atoms with Crippen molar-refractivity contribution in [1.82, 2.24) is 14.5 Å². The van der Waals surface area contributed by atoms with Crippen LogP contribution in [0, 0.1) is 13.8 Å². The molecule has 0 saturated carbocycles. The third kappa shape index (κ3) is 3.73. The number of fused-ring (bicyclic) bond motifs is 3. The first-order valence-electron chi connectivity index (χ1n) is 11.8. The number of aromatic nitrogens is 3. The molecule has 0 fully saturated rings. The van der Waals surface area contributed by atoms with Gasteiger partial charge in [-0.25, -0.2) is 9.97 Å². The minimum Gasteiger partial charge on any atom is -0.329 e. The molecule has 6 rings (SSSR count). The molecule has 35 heavy (non-hydrogen) atoms. The number of rotatable bonds is 4. The van der Waals surface area contributed by atoms with Crippen LogP contribution in [-0.4, -0.2) is 21.6 Å². The average molecular weight is 455 g/mol. The van der Waals surface area contributed by atoms with Crippen LogP contribution in [0.15, 0.2) is 103 Å². The van der Waals surface area contributed by atoms with Gasteiger partial charge >= 0.3 is 0 Å². The van der Waals surface area contributed by atoms with E-state index in [0.29, 0.717) is 0 Å². The Morgan fingerprint density at radius 2 is 1.49 bits per heavy atom. The Balaban J connectivity index is 1.50. The molecule has 3 heterocycles. The van der Waals surface area contributed by atoms with Crippen molar-refractivity contribution in [3.63, 3.8) is 0 Å². The van der Waals surface area contributed by atoms with Crippen molar-refractivity contribution in [2.24, 2.45) is 0 Å². The fourth-order valence-electron chi connectivity index (χ4n) is 4.72. The summed E-state index contributed by atoms with van der Waals surface area (Å²) in [5.41, 5.74) is 8.09. The maximum Gasteiger partial charge on any atom is 0.137 e. The molecule has 0 radical (unpaired) electrons. The van der Waals surface area contributed by atoms with Gasteiger partial charge in [-0.3, -0.25) is 4.57 Å². The molecule has 0 aliphatic carbocycles. The molecule has 4 heteroatoms. The summed E-state index contributed by atoms with van der Waals surface area (Å²) in [4.78, 5) is 11.4. The summed E-state index contributed by atoms with van der Waals surface area (Å²) >= 11 is 0. The van der Waals surface area contributed by atoms with Crippen LogP contribution < -0.4 is 4.90 Å². The van der Waals surface area contributed by atoms with Crippen LogP contribution >= 0.6 is 0 Å². The summed E-state index contributed by atoms with van der Waals surface area (Å²) < 4.78 is 2.26. The van der Waals surface area contributed by atoms with Gasteiger partial charge in [-0.05, 0) is 78.6 Å². The smallest absolute Gasteiger partial charge is 0.137 e. The monoisotopic (exact) mass is 454 g/mol. The molecule has 0 saturated heterocycles. The molecular weight excluding hydrogens is 428 g/mol. The summed E-state index contributed by atoms with van der Waals surface area (Å²) in [5.74, 6) is 1.86. The van der Waals surface area contributed by atoms with E-state index in [1.165, 1.54) is 21.9 Å². The van der Waals surface area contributed by atoms with Crippen LogP contribution in [0.4, 0.5) is 11.5 Å². The van der Waals surface area contributed by atoms with Crippen molar-refractivity contribution >= 4 is 33.3 Å². The molecule has 0 amide bonds. The van der Waals surface area contributed by atoms with Crippen molar-refractivity contribution in [1.29, 1.82) is 0 Å². The lowest BCUT2D eigenvalue weighted by Crippen LogP contribution is -2.11. The lowest BCUT2D eigenvalue weighted by atomic mass is 10.0. The third-order valence-electron chi connectivity index (χ3n) is 6.61. The van der Waals surface area contributed by atoms with Gasteiger partial charge in [0.1, 0.15) is 11.6 Å². The zero-order valence-electron chi connectivity index (χ0n) is 20.1. The van der Waals surface area contributed by atoms with Crippen LogP contribution in [0.3, 0.4) is 0 Å². The van der Waals surface area contributed by atoms with E-state index in [-0.39, 0.29) is 0 Å². The Morgan fingerprint density at radius 3 is 2.31 bits per heavy atom. The number of aryl methyl sites for hydroxylation is 2. The summed E-state index contributed by atoms with van der Waals surface area (Å²) in [6, 6.07) is 32.2. The summed E-state index contributed by atoms with van der Waals surface area (Å²) in [6.07, 6.45) is 3.79. The fraction of sp³-hybridized carbons (Fsp3) is 0.0968. The number of pyridine rings is 2. The predicted octanol–water partition coefficient (Wildman–Crippen LogP) is 7.63. The lowest BCUT2D eigenvalue weighted by Gasteiger charge is -2.19. The van der Waals surface area contributed by atoms with E-state index in [0.717, 1.165) is 39.5 Å². The van der Waals surface area contributed by atoms with Gasteiger partial charge in [0.2, 0.25) is 0 Å². The van der Waals surface area contributed by atoms with Gasteiger partial charge in [-0.1, -0.05) is 48.5 Å². The molecule has 6 aromatic rings. The maximum atomic E-state index is 4.75. The largest absolute Gasteiger partial charge is 0.329 e.